The van der Waals surface area contributed by atoms with Crippen molar-refractivity contribution in [3.63, 3.8) is 0 Å². The number of pyridine rings is 2. The lowest BCUT2D eigenvalue weighted by Crippen LogP contribution is -2.42. The zero-order valence-corrected chi connectivity index (χ0v) is 16.1. The summed E-state index contributed by atoms with van der Waals surface area (Å²) in [4.78, 5) is 11.7. The number of hydrogen-bond acceptors (Lipinski definition) is 4. The Morgan fingerprint density at radius 3 is 2.85 bits per heavy atom. The highest BCUT2D eigenvalue weighted by molar-refractivity contribution is 6.30. The summed E-state index contributed by atoms with van der Waals surface area (Å²) in [5.41, 5.74) is 2.74. The molecule has 1 saturated heterocycles. The molecule has 1 fully saturated rings. The molecule has 1 aliphatic heterocycles. The summed E-state index contributed by atoms with van der Waals surface area (Å²) in [6, 6.07) is 10.5. The lowest BCUT2D eigenvalue weighted by molar-refractivity contribution is 0.0382. The highest BCUT2D eigenvalue weighted by Gasteiger charge is 2.22. The first-order chi connectivity index (χ1) is 13.0. The quantitative estimate of drug-likeness (QED) is 0.635. The summed E-state index contributed by atoms with van der Waals surface area (Å²) in [5, 5.41) is 1.19. The van der Waals surface area contributed by atoms with Gasteiger partial charge >= 0.3 is 0 Å². The fourth-order valence-electron chi connectivity index (χ4n) is 3.44. The number of benzene rings is 1. The molecule has 4 nitrogen and oxygen atoms in total. The van der Waals surface area contributed by atoms with Crippen molar-refractivity contribution in [2.24, 2.45) is 0 Å². The first-order valence-corrected chi connectivity index (χ1v) is 9.53. The van der Waals surface area contributed by atoms with Crippen LogP contribution in [0, 0.1) is 12.7 Å². The third-order valence-electron chi connectivity index (χ3n) is 4.92. The molecule has 1 aromatic carbocycles. The van der Waals surface area contributed by atoms with Crippen LogP contribution in [0.2, 0.25) is 5.02 Å². The molecule has 0 unspecified atom stereocenters. The van der Waals surface area contributed by atoms with Gasteiger partial charge in [-0.2, -0.15) is 0 Å². The number of anilines is 1. The second kappa shape index (κ2) is 7.41. The van der Waals surface area contributed by atoms with Crippen molar-refractivity contribution in [1.82, 2.24) is 9.97 Å². The Morgan fingerprint density at radius 2 is 2.07 bits per heavy atom. The lowest BCUT2D eigenvalue weighted by Gasteiger charge is -2.33. The van der Waals surface area contributed by atoms with Crippen LogP contribution >= 0.6 is 11.6 Å². The van der Waals surface area contributed by atoms with E-state index in [1.807, 2.05) is 25.1 Å². The van der Waals surface area contributed by atoms with Gasteiger partial charge < -0.3 is 9.64 Å². The Bertz CT molecular complexity index is 995. The van der Waals surface area contributed by atoms with E-state index in [2.05, 4.69) is 16.8 Å². The van der Waals surface area contributed by atoms with E-state index < -0.39 is 0 Å². The molecule has 0 aliphatic carbocycles. The van der Waals surface area contributed by atoms with Crippen LogP contribution in [0.5, 0.6) is 0 Å². The molecule has 3 aromatic rings. The number of hydrogen-bond donors (Lipinski definition) is 0. The Kier molecular flexibility index (Phi) is 4.98. The predicted molar refractivity (Wildman–Crippen MR) is 107 cm³/mol. The van der Waals surface area contributed by atoms with Crippen LogP contribution in [0.15, 0.2) is 36.4 Å². The molecule has 3 heterocycles. The normalized spacial score (nSPS) is 17.5. The van der Waals surface area contributed by atoms with E-state index in [-0.39, 0.29) is 11.9 Å². The first-order valence-electron chi connectivity index (χ1n) is 9.15. The molecule has 1 atom stereocenters. The average Bonchev–Trinajstić information content (AvgIpc) is 2.67. The van der Waals surface area contributed by atoms with Gasteiger partial charge in [0.25, 0.3) is 0 Å². The molecule has 0 N–H and O–H groups in total. The number of aryl methyl sites for hydroxylation is 1. The van der Waals surface area contributed by atoms with Crippen LogP contribution < -0.4 is 4.90 Å². The first kappa shape index (κ1) is 18.1. The number of morpholine rings is 1. The fourth-order valence-corrected chi connectivity index (χ4v) is 3.60. The molecule has 1 aliphatic rings. The SMILES string of the molecule is CC[C@H]1CN(c2cc3nc(C)ccc3c(-c3ccc(Cl)cc3F)n2)CCO1. The maximum atomic E-state index is 14.7. The van der Waals surface area contributed by atoms with E-state index in [0.29, 0.717) is 22.9 Å². The van der Waals surface area contributed by atoms with Gasteiger partial charge in [-0.05, 0) is 43.7 Å². The van der Waals surface area contributed by atoms with Gasteiger partial charge in [-0.25, -0.2) is 9.37 Å². The summed E-state index contributed by atoms with van der Waals surface area (Å²) in [7, 11) is 0. The number of halogens is 2. The van der Waals surface area contributed by atoms with Crippen molar-refractivity contribution < 1.29 is 9.13 Å². The minimum absolute atomic E-state index is 0.178. The highest BCUT2D eigenvalue weighted by Crippen LogP contribution is 2.33. The van der Waals surface area contributed by atoms with Crippen LogP contribution in [0.1, 0.15) is 19.0 Å². The monoisotopic (exact) mass is 385 g/mol. The summed E-state index contributed by atoms with van der Waals surface area (Å²) < 4.78 is 20.4. The molecule has 0 bridgehead atoms. The van der Waals surface area contributed by atoms with E-state index in [9.17, 15) is 4.39 Å². The van der Waals surface area contributed by atoms with Crippen LogP contribution in [-0.4, -0.2) is 35.8 Å². The second-order valence-electron chi connectivity index (χ2n) is 6.82. The fraction of sp³-hybridized carbons (Fsp3) is 0.333. The minimum Gasteiger partial charge on any atom is -0.375 e. The van der Waals surface area contributed by atoms with Crippen molar-refractivity contribution in [2.75, 3.05) is 24.6 Å². The molecular formula is C21H21ClFN3O. The summed E-state index contributed by atoms with van der Waals surface area (Å²) in [6.45, 7) is 6.24. The maximum absolute atomic E-state index is 14.7. The van der Waals surface area contributed by atoms with Gasteiger partial charge in [-0.3, -0.25) is 4.98 Å². The maximum Gasteiger partial charge on any atom is 0.134 e. The molecule has 0 spiro atoms. The van der Waals surface area contributed by atoms with E-state index in [0.717, 1.165) is 41.9 Å². The standard InChI is InChI=1S/C21H21ClFN3O/c1-3-15-12-26(8-9-27-15)20-11-19-17(6-4-13(2)24-19)21(25-20)16-7-5-14(22)10-18(16)23/h4-7,10-11,15H,3,8-9,12H2,1-2H3/t15-/m0/s1. The molecule has 0 saturated carbocycles. The van der Waals surface area contributed by atoms with Gasteiger partial charge in [0.15, 0.2) is 0 Å². The van der Waals surface area contributed by atoms with Crippen LogP contribution in [0.25, 0.3) is 22.2 Å². The van der Waals surface area contributed by atoms with Gasteiger partial charge in [-0.15, -0.1) is 0 Å². The number of nitrogens with zero attached hydrogens (tertiary/aromatic N) is 3. The molecule has 27 heavy (non-hydrogen) atoms. The third-order valence-corrected chi connectivity index (χ3v) is 5.15. The van der Waals surface area contributed by atoms with Gasteiger partial charge in [0.2, 0.25) is 0 Å². The van der Waals surface area contributed by atoms with Crippen molar-refractivity contribution in [3.05, 3.63) is 52.9 Å². The van der Waals surface area contributed by atoms with Gasteiger partial charge in [0.1, 0.15) is 11.6 Å². The zero-order chi connectivity index (χ0) is 19.0. The predicted octanol–water partition coefficient (Wildman–Crippen LogP) is 5.01. The Balaban J connectivity index is 1.89. The smallest absolute Gasteiger partial charge is 0.134 e. The molecule has 6 heteroatoms. The van der Waals surface area contributed by atoms with Crippen LogP contribution in [0.4, 0.5) is 10.2 Å². The summed E-state index contributed by atoms with van der Waals surface area (Å²) in [5.74, 6) is 0.411. The van der Waals surface area contributed by atoms with Crippen LogP contribution in [0.3, 0.4) is 0 Å². The zero-order valence-electron chi connectivity index (χ0n) is 15.4. The topological polar surface area (TPSA) is 38.2 Å². The number of rotatable bonds is 3. The minimum atomic E-state index is -0.387. The molecule has 2 aromatic heterocycles. The van der Waals surface area contributed by atoms with Crippen molar-refractivity contribution in [1.29, 1.82) is 0 Å². The van der Waals surface area contributed by atoms with Crippen molar-refractivity contribution in [3.8, 4) is 11.3 Å². The number of fused-ring (bicyclic) bond motifs is 1. The van der Waals surface area contributed by atoms with E-state index in [4.69, 9.17) is 21.3 Å². The van der Waals surface area contributed by atoms with Gasteiger partial charge in [-0.1, -0.05) is 18.5 Å². The van der Waals surface area contributed by atoms with E-state index >= 15 is 0 Å². The second-order valence-corrected chi connectivity index (χ2v) is 7.26. The number of aromatic nitrogens is 2. The van der Waals surface area contributed by atoms with Gasteiger partial charge in [0.05, 0.1) is 23.9 Å². The average molecular weight is 386 g/mol. The van der Waals surface area contributed by atoms with Gasteiger partial charge in [0, 0.05) is 40.8 Å². The number of ether oxygens (including phenoxy) is 1. The summed E-state index contributed by atoms with van der Waals surface area (Å²) >= 11 is 5.93. The summed E-state index contributed by atoms with van der Waals surface area (Å²) in [6.07, 6.45) is 1.12. The lowest BCUT2D eigenvalue weighted by atomic mass is 10.1. The largest absolute Gasteiger partial charge is 0.375 e. The highest BCUT2D eigenvalue weighted by atomic mass is 35.5. The Morgan fingerprint density at radius 1 is 1.22 bits per heavy atom. The van der Waals surface area contributed by atoms with Crippen molar-refractivity contribution in [2.45, 2.75) is 26.4 Å². The molecule has 4 rings (SSSR count). The molecule has 0 amide bonds. The van der Waals surface area contributed by atoms with Crippen molar-refractivity contribution >= 4 is 28.3 Å². The molecule has 140 valence electrons. The van der Waals surface area contributed by atoms with E-state index in [1.165, 1.54) is 6.07 Å². The Labute approximate surface area is 163 Å². The van der Waals surface area contributed by atoms with Crippen LogP contribution in [-0.2, 0) is 4.74 Å². The van der Waals surface area contributed by atoms with E-state index in [1.54, 1.807) is 12.1 Å². The Hall–Kier alpha value is -2.24. The molecule has 0 radical (unpaired) electrons. The molecular weight excluding hydrogens is 365 g/mol. The third kappa shape index (κ3) is 3.62.